The molecule has 0 spiro atoms. The Labute approximate surface area is 303 Å². The first-order valence-corrected chi connectivity index (χ1v) is 18.0. The number of methoxy groups -OCH3 is 1. The van der Waals surface area contributed by atoms with Crippen molar-refractivity contribution in [3.05, 3.63) is 72.2 Å². The maximum Gasteiger partial charge on any atom is 0.328 e. The van der Waals surface area contributed by atoms with Crippen LogP contribution in [0, 0.1) is 17.6 Å². The fourth-order valence-electron chi connectivity index (χ4n) is 7.77. The molecule has 0 radical (unpaired) electrons. The molecule has 0 atom stereocenters. The highest BCUT2D eigenvalue weighted by molar-refractivity contribution is 6.08. The molecular weight excluding hydrogens is 686 g/mol. The van der Waals surface area contributed by atoms with E-state index in [-0.39, 0.29) is 24.9 Å². The highest BCUT2D eigenvalue weighted by atomic mass is 19.1. The van der Waals surface area contributed by atoms with Crippen molar-refractivity contribution in [1.82, 2.24) is 34.6 Å². The van der Waals surface area contributed by atoms with Crippen molar-refractivity contribution in [3.63, 3.8) is 0 Å². The van der Waals surface area contributed by atoms with Crippen molar-refractivity contribution in [3.8, 4) is 5.75 Å². The van der Waals surface area contributed by atoms with Crippen LogP contribution in [0.15, 0.2) is 55.0 Å². The van der Waals surface area contributed by atoms with Crippen molar-refractivity contribution in [2.75, 3.05) is 61.5 Å². The molecule has 5 aromatic rings. The normalized spacial score (nSPS) is 19.9. The standard InChI is InChI=1S/C37H40F2N10O4/c1-53-31-20-30-24(17-27(31)36(51)42-33-21-40-32-3-2-10-41-49(32)33)22-48(44-30)25-6-4-23(5-7-25)8-11-45-13-15-46(16-14-45)26-18-28(38)35(29(39)19-26)47-12-9-34(50)43-37(47)52/h2-3,10,17-23,25H,4-9,11-16H2,1H3,(H,42,51)(H,43,50,52). The number of imidazole rings is 1. The first-order chi connectivity index (χ1) is 25.7. The van der Waals surface area contributed by atoms with Gasteiger partial charge >= 0.3 is 6.03 Å². The van der Waals surface area contributed by atoms with Gasteiger partial charge < -0.3 is 15.0 Å². The van der Waals surface area contributed by atoms with Crippen molar-refractivity contribution in [2.24, 2.45) is 5.92 Å². The number of halogens is 2. The Bertz CT molecular complexity index is 2170. The molecule has 0 bridgehead atoms. The summed E-state index contributed by atoms with van der Waals surface area (Å²) in [5, 5.41) is 15.0. The van der Waals surface area contributed by atoms with Crippen LogP contribution < -0.4 is 25.2 Å². The van der Waals surface area contributed by atoms with E-state index in [1.807, 2.05) is 27.9 Å². The van der Waals surface area contributed by atoms with Gasteiger partial charge in [-0.3, -0.25) is 29.4 Å². The number of carbonyl (C=O) groups is 3. The number of carbonyl (C=O) groups excluding carboxylic acids is 3. The number of hydrogen-bond donors (Lipinski definition) is 2. The number of anilines is 3. The van der Waals surface area contributed by atoms with Crippen molar-refractivity contribution < 1.29 is 27.9 Å². The zero-order valence-corrected chi connectivity index (χ0v) is 29.3. The van der Waals surface area contributed by atoms with E-state index in [1.165, 1.54) is 19.2 Å². The number of nitrogens with zero attached hydrogens (tertiary/aromatic N) is 8. The van der Waals surface area contributed by atoms with Crippen molar-refractivity contribution in [2.45, 2.75) is 44.6 Å². The summed E-state index contributed by atoms with van der Waals surface area (Å²) in [6.07, 6.45) is 10.5. The van der Waals surface area contributed by atoms with Crippen LogP contribution >= 0.6 is 0 Å². The Morgan fingerprint density at radius 2 is 1.79 bits per heavy atom. The lowest BCUT2D eigenvalue weighted by molar-refractivity contribution is -0.120. The van der Waals surface area contributed by atoms with E-state index < -0.39 is 29.3 Å². The van der Waals surface area contributed by atoms with Crippen molar-refractivity contribution >= 4 is 51.6 Å². The third kappa shape index (κ3) is 6.98. The molecule has 1 saturated carbocycles. The summed E-state index contributed by atoms with van der Waals surface area (Å²) in [5.41, 5.74) is 1.81. The lowest BCUT2D eigenvalue weighted by atomic mass is 9.84. The van der Waals surface area contributed by atoms with Gasteiger partial charge in [-0.15, -0.1) is 0 Å². The molecule has 16 heteroatoms. The van der Waals surface area contributed by atoms with E-state index in [0.717, 1.165) is 67.5 Å². The number of hydrogen-bond acceptors (Lipinski definition) is 9. The van der Waals surface area contributed by atoms with E-state index in [9.17, 15) is 14.4 Å². The number of urea groups is 1. The number of nitrogens with one attached hydrogen (secondary N) is 2. The zero-order valence-electron chi connectivity index (χ0n) is 29.3. The van der Waals surface area contributed by atoms with Crippen LogP contribution in [0.25, 0.3) is 16.6 Å². The van der Waals surface area contributed by atoms with Gasteiger partial charge in [-0.1, -0.05) is 0 Å². The van der Waals surface area contributed by atoms with Gasteiger partial charge in [-0.2, -0.15) is 14.7 Å². The quantitative estimate of drug-likeness (QED) is 0.215. The van der Waals surface area contributed by atoms with Crippen LogP contribution in [-0.4, -0.2) is 93.5 Å². The second kappa shape index (κ2) is 14.4. The Balaban J connectivity index is 0.827. The molecule has 2 aliphatic heterocycles. The van der Waals surface area contributed by atoms with Gasteiger partial charge in [-0.05, 0) is 74.9 Å². The summed E-state index contributed by atoms with van der Waals surface area (Å²) in [5.74, 6) is -0.924. The van der Waals surface area contributed by atoms with Gasteiger partial charge in [0.05, 0.1) is 30.4 Å². The molecule has 8 rings (SSSR count). The Morgan fingerprint density at radius 3 is 2.53 bits per heavy atom. The van der Waals surface area contributed by atoms with Crippen LogP contribution in [0.3, 0.4) is 0 Å². The van der Waals surface area contributed by atoms with Crippen LogP contribution in [0.2, 0.25) is 0 Å². The van der Waals surface area contributed by atoms with Crippen LogP contribution in [0.5, 0.6) is 5.75 Å². The average molecular weight is 727 g/mol. The van der Waals surface area contributed by atoms with E-state index in [2.05, 4.69) is 25.6 Å². The predicted octanol–water partition coefficient (Wildman–Crippen LogP) is 5.01. The molecule has 3 aromatic heterocycles. The highest BCUT2D eigenvalue weighted by Gasteiger charge is 2.31. The Kier molecular flexibility index (Phi) is 9.37. The summed E-state index contributed by atoms with van der Waals surface area (Å²) in [6, 6.07) is 9.21. The van der Waals surface area contributed by atoms with Gasteiger partial charge in [-0.25, -0.2) is 18.6 Å². The third-order valence-electron chi connectivity index (χ3n) is 10.7. The molecule has 2 saturated heterocycles. The van der Waals surface area contributed by atoms with E-state index in [1.54, 1.807) is 29.0 Å². The van der Waals surface area contributed by atoms with Crippen LogP contribution in [0.1, 0.15) is 54.9 Å². The topological polar surface area (TPSA) is 142 Å². The molecule has 3 fully saturated rings. The SMILES string of the molecule is COc1cc2nn(C3CCC(CCN4CCN(c5cc(F)c(N6CCC(=O)NC6=O)c(F)c5)CC4)CC3)cc2cc1C(=O)Nc1cnc2cccnn12. The summed E-state index contributed by atoms with van der Waals surface area (Å²) < 4.78 is 39.3. The summed E-state index contributed by atoms with van der Waals surface area (Å²) in [6.45, 7) is 3.76. The number of rotatable bonds is 9. The molecule has 3 aliphatic rings. The zero-order chi connectivity index (χ0) is 36.6. The first-order valence-electron chi connectivity index (χ1n) is 18.0. The first kappa shape index (κ1) is 34.4. The van der Waals surface area contributed by atoms with Gasteiger partial charge in [0.2, 0.25) is 5.91 Å². The maximum absolute atomic E-state index is 15.1. The van der Waals surface area contributed by atoms with E-state index in [0.29, 0.717) is 47.5 Å². The fourth-order valence-corrected chi connectivity index (χ4v) is 7.77. The van der Waals surface area contributed by atoms with Gasteiger partial charge in [0.15, 0.2) is 23.1 Å². The number of fused-ring (bicyclic) bond motifs is 2. The van der Waals surface area contributed by atoms with Crippen LogP contribution in [-0.2, 0) is 4.79 Å². The number of benzene rings is 2. The number of aromatic nitrogens is 5. The average Bonchev–Trinajstić information content (AvgIpc) is 3.78. The van der Waals surface area contributed by atoms with Crippen LogP contribution in [0.4, 0.5) is 30.8 Å². The largest absolute Gasteiger partial charge is 0.496 e. The van der Waals surface area contributed by atoms with Gasteiger partial charge in [0.25, 0.3) is 5.91 Å². The number of ether oxygens (including phenoxy) is 1. The Morgan fingerprint density at radius 1 is 1.02 bits per heavy atom. The Hall–Kier alpha value is -5.64. The summed E-state index contributed by atoms with van der Waals surface area (Å²) in [4.78, 5) is 46.6. The molecule has 276 valence electrons. The summed E-state index contributed by atoms with van der Waals surface area (Å²) >= 11 is 0. The molecule has 14 nitrogen and oxygen atoms in total. The molecule has 4 amide bonds. The van der Waals surface area contributed by atoms with E-state index >= 15 is 8.78 Å². The third-order valence-corrected chi connectivity index (χ3v) is 10.7. The molecule has 53 heavy (non-hydrogen) atoms. The molecule has 0 unspecified atom stereocenters. The molecule has 5 heterocycles. The fraction of sp³-hybridized carbons (Fsp3) is 0.405. The highest BCUT2D eigenvalue weighted by Crippen LogP contribution is 2.36. The number of amides is 4. The second-order valence-corrected chi connectivity index (χ2v) is 13.9. The number of piperazine rings is 1. The minimum absolute atomic E-state index is 0.0115. The number of imide groups is 1. The lowest BCUT2D eigenvalue weighted by Crippen LogP contribution is -2.50. The molecule has 1 aliphatic carbocycles. The summed E-state index contributed by atoms with van der Waals surface area (Å²) in [7, 11) is 1.54. The second-order valence-electron chi connectivity index (χ2n) is 13.9. The molecular formula is C37H40F2N10O4. The minimum atomic E-state index is -0.823. The predicted molar refractivity (Wildman–Crippen MR) is 193 cm³/mol. The lowest BCUT2D eigenvalue weighted by Gasteiger charge is -2.37. The van der Waals surface area contributed by atoms with Gasteiger partial charge in [0.1, 0.15) is 11.4 Å². The van der Waals surface area contributed by atoms with Gasteiger partial charge in [0, 0.05) is 68.7 Å². The monoisotopic (exact) mass is 726 g/mol. The maximum atomic E-state index is 15.1. The minimum Gasteiger partial charge on any atom is -0.496 e. The van der Waals surface area contributed by atoms with Crippen molar-refractivity contribution in [1.29, 1.82) is 0 Å². The molecule has 2 N–H and O–H groups in total. The van der Waals surface area contributed by atoms with E-state index in [4.69, 9.17) is 9.84 Å². The smallest absolute Gasteiger partial charge is 0.328 e. The molecule has 2 aromatic carbocycles.